The van der Waals surface area contributed by atoms with Gasteiger partial charge in [0.25, 0.3) is 0 Å². The zero-order valence-electron chi connectivity index (χ0n) is 17.9. The second-order valence-corrected chi connectivity index (χ2v) is 7.91. The minimum atomic E-state index is -0.401. The summed E-state index contributed by atoms with van der Waals surface area (Å²) < 4.78 is 13.6. The Kier molecular flexibility index (Phi) is 5.26. The van der Waals surface area contributed by atoms with Crippen LogP contribution in [0.25, 0.3) is 40.3 Å². The van der Waals surface area contributed by atoms with Gasteiger partial charge in [0.1, 0.15) is 17.0 Å². The van der Waals surface area contributed by atoms with Crippen molar-refractivity contribution in [2.75, 3.05) is 18.0 Å². The third-order valence-electron chi connectivity index (χ3n) is 5.78. The van der Waals surface area contributed by atoms with Crippen LogP contribution in [-0.2, 0) is 0 Å². The maximum absolute atomic E-state index is 13.6. The first-order valence-corrected chi connectivity index (χ1v) is 10.8. The maximum Gasteiger partial charge on any atom is 0.159 e. The molecule has 8 heteroatoms. The summed E-state index contributed by atoms with van der Waals surface area (Å²) in [5, 5.41) is 9.23. The average molecular weight is 430 g/mol. The molecular formula is C24H24FN7. The Hall–Kier alpha value is -3.81. The molecule has 0 amide bonds. The van der Waals surface area contributed by atoms with Gasteiger partial charge in [-0.2, -0.15) is 5.10 Å². The lowest BCUT2D eigenvalue weighted by molar-refractivity contribution is 0.574. The summed E-state index contributed by atoms with van der Waals surface area (Å²) in [4.78, 5) is 19.1. The van der Waals surface area contributed by atoms with Gasteiger partial charge in [0.05, 0.1) is 17.1 Å². The Morgan fingerprint density at radius 1 is 1.22 bits per heavy atom. The van der Waals surface area contributed by atoms with Gasteiger partial charge in [-0.15, -0.1) is 0 Å². The minimum Gasteiger partial charge on any atom is -0.355 e. The Bertz CT molecular complexity index is 1410. The van der Waals surface area contributed by atoms with E-state index in [9.17, 15) is 4.39 Å². The molecule has 0 radical (unpaired) electrons. The first kappa shape index (κ1) is 20.1. The van der Waals surface area contributed by atoms with Crippen molar-refractivity contribution in [3.05, 3.63) is 59.3 Å². The molecule has 5 rings (SSSR count). The third-order valence-corrected chi connectivity index (χ3v) is 5.78. The van der Waals surface area contributed by atoms with Gasteiger partial charge in [0.2, 0.25) is 0 Å². The predicted molar refractivity (Wildman–Crippen MR) is 125 cm³/mol. The number of hydrogen-bond acceptors (Lipinski definition) is 5. The fourth-order valence-electron chi connectivity index (χ4n) is 4.13. The van der Waals surface area contributed by atoms with Crippen molar-refractivity contribution < 1.29 is 4.39 Å². The monoisotopic (exact) mass is 429 g/mol. The van der Waals surface area contributed by atoms with Gasteiger partial charge in [-0.3, -0.25) is 10.1 Å². The highest BCUT2D eigenvalue weighted by molar-refractivity contribution is 5.90. The molecule has 4 aromatic rings. The Balaban J connectivity index is 1.62. The van der Waals surface area contributed by atoms with E-state index < -0.39 is 5.82 Å². The molecule has 0 unspecified atom stereocenters. The molecule has 0 saturated carbocycles. The number of nitrogens with zero attached hydrogens (tertiary/aromatic N) is 5. The summed E-state index contributed by atoms with van der Waals surface area (Å²) in [5.74, 6) is 1.15. The summed E-state index contributed by atoms with van der Waals surface area (Å²) >= 11 is 0. The van der Waals surface area contributed by atoms with Crippen molar-refractivity contribution in [3.63, 3.8) is 0 Å². The molecule has 162 valence electrons. The van der Waals surface area contributed by atoms with Crippen molar-refractivity contribution >= 4 is 34.6 Å². The summed E-state index contributed by atoms with van der Waals surface area (Å²) in [6.07, 6.45) is 12.0. The van der Waals surface area contributed by atoms with Crippen LogP contribution in [0.3, 0.4) is 0 Å². The third kappa shape index (κ3) is 3.68. The molecule has 0 aromatic carbocycles. The van der Waals surface area contributed by atoms with Gasteiger partial charge >= 0.3 is 0 Å². The number of hydrogen-bond donors (Lipinski definition) is 2. The number of rotatable bonds is 4. The Morgan fingerprint density at radius 3 is 2.84 bits per heavy atom. The zero-order chi connectivity index (χ0) is 22.1. The number of allylic oxidation sites excluding steroid dienone is 1. The number of fused-ring (bicyclic) bond motifs is 1. The lowest BCUT2D eigenvalue weighted by Crippen LogP contribution is -2.30. The van der Waals surface area contributed by atoms with Crippen LogP contribution in [0.15, 0.2) is 37.3 Å². The van der Waals surface area contributed by atoms with Gasteiger partial charge in [0, 0.05) is 36.3 Å². The van der Waals surface area contributed by atoms with Crippen LogP contribution in [0, 0.1) is 5.82 Å². The Labute approximate surface area is 184 Å². The first-order chi connectivity index (χ1) is 15.6. The number of imidazole rings is 1. The minimum absolute atomic E-state index is 0.401. The van der Waals surface area contributed by atoms with Crippen molar-refractivity contribution in [1.29, 1.82) is 0 Å². The van der Waals surface area contributed by atoms with Gasteiger partial charge < -0.3 is 9.88 Å². The average Bonchev–Trinajstić information content (AvgIpc) is 3.43. The van der Waals surface area contributed by atoms with E-state index in [1.54, 1.807) is 6.20 Å². The lowest BCUT2D eigenvalue weighted by atomic mass is 10.1. The highest BCUT2D eigenvalue weighted by atomic mass is 19.1. The highest BCUT2D eigenvalue weighted by Crippen LogP contribution is 2.27. The standard InChI is InChI=1S/C24H24FN7/c1-3-19-18(11-15(2)16-12-17(25)14-26-13-16)21(31-30-19)23-28-20-7-8-27-24(22(20)29-23)32-9-5-4-6-10-32/h3,7-8,11-14,30H,2,4-6,9-10H2,1H3,(H,28,29)/b18-11+,19-3+. The zero-order valence-corrected chi connectivity index (χ0v) is 17.9. The van der Waals surface area contributed by atoms with E-state index in [1.165, 1.54) is 31.5 Å². The van der Waals surface area contributed by atoms with E-state index in [2.05, 4.69) is 36.6 Å². The van der Waals surface area contributed by atoms with Gasteiger partial charge in [-0.25, -0.2) is 14.4 Å². The van der Waals surface area contributed by atoms with Crippen LogP contribution >= 0.6 is 0 Å². The number of halogens is 1. The number of H-pyrrole nitrogens is 2. The largest absolute Gasteiger partial charge is 0.355 e. The van der Waals surface area contributed by atoms with E-state index in [0.29, 0.717) is 22.7 Å². The second-order valence-electron chi connectivity index (χ2n) is 7.91. The van der Waals surface area contributed by atoms with Crippen LogP contribution in [0.4, 0.5) is 10.2 Å². The molecular weight excluding hydrogens is 405 g/mol. The molecule has 4 aromatic heterocycles. The lowest BCUT2D eigenvalue weighted by Gasteiger charge is -2.27. The number of nitrogens with one attached hydrogen (secondary N) is 2. The summed E-state index contributed by atoms with van der Waals surface area (Å²) in [6.45, 7) is 8.02. The predicted octanol–water partition coefficient (Wildman–Crippen LogP) is 3.17. The first-order valence-electron chi connectivity index (χ1n) is 10.8. The molecule has 7 nitrogen and oxygen atoms in total. The molecule has 0 spiro atoms. The molecule has 0 aliphatic carbocycles. The van der Waals surface area contributed by atoms with Gasteiger partial charge in [-0.1, -0.05) is 12.7 Å². The molecule has 1 fully saturated rings. The van der Waals surface area contributed by atoms with Crippen LogP contribution in [-0.4, -0.2) is 43.2 Å². The summed E-state index contributed by atoms with van der Waals surface area (Å²) in [5.41, 5.74) is 3.67. The fourth-order valence-corrected chi connectivity index (χ4v) is 4.13. The molecule has 0 bridgehead atoms. The molecule has 0 atom stereocenters. The molecule has 1 aliphatic rings. The van der Waals surface area contributed by atoms with Crippen molar-refractivity contribution in [3.8, 4) is 11.5 Å². The van der Waals surface area contributed by atoms with Crippen LogP contribution in [0.2, 0.25) is 0 Å². The smallest absolute Gasteiger partial charge is 0.159 e. The van der Waals surface area contributed by atoms with Gasteiger partial charge in [0.15, 0.2) is 11.6 Å². The van der Waals surface area contributed by atoms with Crippen molar-refractivity contribution in [2.45, 2.75) is 26.2 Å². The fraction of sp³-hybridized carbons (Fsp3) is 0.250. The topological polar surface area (TPSA) is 86.4 Å². The van der Waals surface area contributed by atoms with Crippen molar-refractivity contribution in [1.82, 2.24) is 30.1 Å². The van der Waals surface area contributed by atoms with Crippen LogP contribution in [0.5, 0.6) is 0 Å². The normalized spacial score (nSPS) is 15.6. The van der Waals surface area contributed by atoms with E-state index in [4.69, 9.17) is 4.98 Å². The van der Waals surface area contributed by atoms with Crippen LogP contribution in [0.1, 0.15) is 31.7 Å². The van der Waals surface area contributed by atoms with Crippen LogP contribution < -0.4 is 15.5 Å². The van der Waals surface area contributed by atoms with E-state index in [-0.39, 0.29) is 0 Å². The summed E-state index contributed by atoms with van der Waals surface area (Å²) in [6, 6.07) is 3.35. The second kappa shape index (κ2) is 8.37. The van der Waals surface area contributed by atoms with E-state index in [0.717, 1.165) is 40.5 Å². The number of aromatic amines is 2. The Morgan fingerprint density at radius 2 is 2.06 bits per heavy atom. The van der Waals surface area contributed by atoms with E-state index in [1.807, 2.05) is 31.3 Å². The molecule has 2 N–H and O–H groups in total. The summed E-state index contributed by atoms with van der Waals surface area (Å²) in [7, 11) is 0. The number of piperidine rings is 1. The van der Waals surface area contributed by atoms with Gasteiger partial charge in [-0.05, 0) is 50.0 Å². The number of anilines is 1. The molecule has 1 aliphatic heterocycles. The number of pyridine rings is 2. The quantitative estimate of drug-likeness (QED) is 0.520. The molecule has 32 heavy (non-hydrogen) atoms. The molecule has 5 heterocycles. The molecule has 1 saturated heterocycles. The number of aromatic nitrogens is 6. The highest BCUT2D eigenvalue weighted by Gasteiger charge is 2.19. The van der Waals surface area contributed by atoms with E-state index >= 15 is 0 Å². The SMILES string of the molecule is C=C(/C=c1/c(-c2nc3c(N4CCCCC4)nccc3[nH]2)n[nH]/c1=C/C)c1cncc(F)c1. The maximum atomic E-state index is 13.6. The van der Waals surface area contributed by atoms with Crippen molar-refractivity contribution in [2.24, 2.45) is 0 Å².